The van der Waals surface area contributed by atoms with Gasteiger partial charge in [-0.15, -0.1) is 5.10 Å². The Bertz CT molecular complexity index is 461. The summed E-state index contributed by atoms with van der Waals surface area (Å²) in [7, 11) is 0. The van der Waals surface area contributed by atoms with Crippen LogP contribution in [0.3, 0.4) is 0 Å². The molecule has 0 saturated heterocycles. The fraction of sp³-hybridized carbons (Fsp3) is 0.500. The zero-order chi connectivity index (χ0) is 15.0. The minimum absolute atomic E-state index is 0.179. The van der Waals surface area contributed by atoms with Crippen LogP contribution in [0.1, 0.15) is 12.8 Å². The zero-order valence-corrected chi connectivity index (χ0v) is 10.5. The van der Waals surface area contributed by atoms with Crippen molar-refractivity contribution in [2.24, 2.45) is 0 Å². The normalized spacial score (nSPS) is 11.6. The molecule has 0 bridgehead atoms. The Kier molecular flexibility index (Phi) is 5.94. The van der Waals surface area contributed by atoms with Crippen molar-refractivity contribution in [3.8, 4) is 0 Å². The second-order valence-corrected chi connectivity index (χ2v) is 3.89. The van der Waals surface area contributed by atoms with Crippen molar-refractivity contribution in [3.63, 3.8) is 0 Å². The highest BCUT2D eigenvalue weighted by Crippen LogP contribution is 1.97. The number of carboxylic acids is 2. The van der Waals surface area contributed by atoms with Crippen molar-refractivity contribution in [2.75, 3.05) is 6.54 Å². The summed E-state index contributed by atoms with van der Waals surface area (Å²) in [5, 5.41) is 29.2. The summed E-state index contributed by atoms with van der Waals surface area (Å²) in [5.74, 6) is -2.40. The number of urea groups is 1. The third-order valence-electron chi connectivity index (χ3n) is 2.35. The van der Waals surface area contributed by atoms with E-state index in [-0.39, 0.29) is 19.4 Å². The molecule has 0 aromatic carbocycles. The molecule has 1 rings (SSSR count). The SMILES string of the molecule is O=C(O)CC[C@H](NC(=O)NCCn1ccnn1)C(=O)O. The van der Waals surface area contributed by atoms with Gasteiger partial charge in [0.2, 0.25) is 0 Å². The Balaban J connectivity index is 2.30. The van der Waals surface area contributed by atoms with E-state index in [2.05, 4.69) is 20.9 Å². The Morgan fingerprint density at radius 1 is 1.30 bits per heavy atom. The van der Waals surface area contributed by atoms with Gasteiger partial charge >= 0.3 is 18.0 Å². The van der Waals surface area contributed by atoms with Gasteiger partial charge in [-0.1, -0.05) is 5.21 Å². The van der Waals surface area contributed by atoms with E-state index in [1.165, 1.54) is 10.9 Å². The van der Waals surface area contributed by atoms with Crippen LogP contribution in [0, 0.1) is 0 Å². The molecule has 1 atom stereocenters. The first-order chi connectivity index (χ1) is 9.49. The van der Waals surface area contributed by atoms with Crippen molar-refractivity contribution in [2.45, 2.75) is 25.4 Å². The third kappa shape index (κ3) is 5.80. The number of nitrogens with one attached hydrogen (secondary N) is 2. The van der Waals surface area contributed by atoms with Gasteiger partial charge in [-0.05, 0) is 6.42 Å². The number of nitrogens with zero attached hydrogens (tertiary/aromatic N) is 3. The fourth-order valence-electron chi connectivity index (χ4n) is 1.37. The predicted molar refractivity (Wildman–Crippen MR) is 64.9 cm³/mol. The quantitative estimate of drug-likeness (QED) is 0.473. The number of hydrogen-bond acceptors (Lipinski definition) is 5. The summed E-state index contributed by atoms with van der Waals surface area (Å²) in [4.78, 5) is 32.7. The van der Waals surface area contributed by atoms with E-state index in [9.17, 15) is 14.4 Å². The monoisotopic (exact) mass is 285 g/mol. The van der Waals surface area contributed by atoms with E-state index in [4.69, 9.17) is 10.2 Å². The molecule has 0 aliphatic carbocycles. The van der Waals surface area contributed by atoms with Crippen LogP contribution in [0.4, 0.5) is 4.79 Å². The number of aromatic nitrogens is 3. The second kappa shape index (κ2) is 7.71. The standard InChI is InChI=1S/C10H15N5O5/c16-8(17)2-1-7(9(18)19)13-10(20)11-3-5-15-6-4-12-14-15/h4,6-7H,1-3,5H2,(H,16,17)(H,18,19)(H2,11,13,20)/t7-/m0/s1. The molecule has 4 N–H and O–H groups in total. The molecule has 0 radical (unpaired) electrons. The van der Waals surface area contributed by atoms with Gasteiger partial charge in [-0.25, -0.2) is 9.59 Å². The van der Waals surface area contributed by atoms with Gasteiger partial charge in [0.15, 0.2) is 0 Å². The first-order valence-electron chi connectivity index (χ1n) is 5.82. The van der Waals surface area contributed by atoms with Crippen LogP contribution in [-0.4, -0.2) is 55.8 Å². The maximum absolute atomic E-state index is 11.5. The Morgan fingerprint density at radius 3 is 2.60 bits per heavy atom. The van der Waals surface area contributed by atoms with Crippen molar-refractivity contribution in [1.29, 1.82) is 0 Å². The molecule has 20 heavy (non-hydrogen) atoms. The summed E-state index contributed by atoms with van der Waals surface area (Å²) in [6, 6.07) is -1.92. The fourth-order valence-corrected chi connectivity index (χ4v) is 1.37. The van der Waals surface area contributed by atoms with Gasteiger partial charge in [0.05, 0.1) is 12.7 Å². The number of carbonyl (C=O) groups is 3. The molecule has 0 fully saturated rings. The van der Waals surface area contributed by atoms with Crippen LogP contribution in [-0.2, 0) is 16.1 Å². The lowest BCUT2D eigenvalue weighted by Crippen LogP contribution is -2.46. The molecular weight excluding hydrogens is 270 g/mol. The Hall–Kier alpha value is -2.65. The second-order valence-electron chi connectivity index (χ2n) is 3.89. The number of carbonyl (C=O) groups excluding carboxylic acids is 1. The summed E-state index contributed by atoms with van der Waals surface area (Å²) in [6.45, 7) is 0.626. The van der Waals surface area contributed by atoms with Crippen LogP contribution < -0.4 is 10.6 Å². The van der Waals surface area contributed by atoms with Crippen molar-refractivity contribution in [3.05, 3.63) is 12.4 Å². The minimum Gasteiger partial charge on any atom is -0.481 e. The molecular formula is C10H15N5O5. The van der Waals surface area contributed by atoms with Gasteiger partial charge in [-0.2, -0.15) is 0 Å². The highest BCUT2D eigenvalue weighted by atomic mass is 16.4. The van der Waals surface area contributed by atoms with E-state index in [0.717, 1.165) is 0 Å². The highest BCUT2D eigenvalue weighted by Gasteiger charge is 2.20. The molecule has 0 aliphatic heterocycles. The topological polar surface area (TPSA) is 146 Å². The van der Waals surface area contributed by atoms with E-state index in [1.54, 1.807) is 6.20 Å². The molecule has 1 aromatic rings. The van der Waals surface area contributed by atoms with E-state index < -0.39 is 24.0 Å². The molecule has 0 aliphatic rings. The number of rotatable bonds is 8. The van der Waals surface area contributed by atoms with Crippen molar-refractivity contribution in [1.82, 2.24) is 25.6 Å². The largest absolute Gasteiger partial charge is 0.481 e. The average Bonchev–Trinajstić information content (AvgIpc) is 2.87. The number of carboxylic acid groups (broad SMARTS) is 2. The average molecular weight is 285 g/mol. The number of aliphatic carboxylic acids is 2. The highest BCUT2D eigenvalue weighted by molar-refractivity contribution is 5.82. The molecule has 0 saturated carbocycles. The summed E-state index contributed by atoms with van der Waals surface area (Å²) in [6.07, 6.45) is 2.59. The lowest BCUT2D eigenvalue weighted by molar-refractivity contribution is -0.140. The Morgan fingerprint density at radius 2 is 2.05 bits per heavy atom. The molecule has 2 amide bonds. The van der Waals surface area contributed by atoms with Gasteiger partial charge in [0.1, 0.15) is 6.04 Å². The molecule has 1 aromatic heterocycles. The summed E-state index contributed by atoms with van der Waals surface area (Å²) < 4.78 is 1.50. The van der Waals surface area contributed by atoms with E-state index in [0.29, 0.717) is 6.54 Å². The van der Waals surface area contributed by atoms with Crippen molar-refractivity contribution < 1.29 is 24.6 Å². The Labute approximate surface area is 113 Å². The summed E-state index contributed by atoms with van der Waals surface area (Å²) >= 11 is 0. The molecule has 0 unspecified atom stereocenters. The van der Waals surface area contributed by atoms with Crippen LogP contribution in [0.25, 0.3) is 0 Å². The molecule has 0 spiro atoms. The lowest BCUT2D eigenvalue weighted by atomic mass is 10.1. The number of hydrogen-bond donors (Lipinski definition) is 4. The molecule has 10 heteroatoms. The van der Waals surface area contributed by atoms with Crippen LogP contribution in [0.15, 0.2) is 12.4 Å². The maximum Gasteiger partial charge on any atom is 0.326 e. The lowest BCUT2D eigenvalue weighted by Gasteiger charge is -2.14. The summed E-state index contributed by atoms with van der Waals surface area (Å²) in [5.41, 5.74) is 0. The zero-order valence-electron chi connectivity index (χ0n) is 10.5. The molecule has 110 valence electrons. The van der Waals surface area contributed by atoms with Gasteiger partial charge in [0.25, 0.3) is 0 Å². The van der Waals surface area contributed by atoms with Crippen LogP contribution in [0.5, 0.6) is 0 Å². The first kappa shape index (κ1) is 15.4. The third-order valence-corrected chi connectivity index (χ3v) is 2.35. The van der Waals surface area contributed by atoms with E-state index >= 15 is 0 Å². The minimum atomic E-state index is -1.28. The maximum atomic E-state index is 11.5. The first-order valence-corrected chi connectivity index (χ1v) is 5.82. The van der Waals surface area contributed by atoms with Gasteiger partial charge in [-0.3, -0.25) is 9.48 Å². The van der Waals surface area contributed by atoms with Crippen LogP contribution >= 0.6 is 0 Å². The van der Waals surface area contributed by atoms with Crippen molar-refractivity contribution >= 4 is 18.0 Å². The predicted octanol–water partition coefficient (Wildman–Crippen LogP) is -1.10. The smallest absolute Gasteiger partial charge is 0.326 e. The number of amides is 2. The van der Waals surface area contributed by atoms with Gasteiger partial charge < -0.3 is 20.8 Å². The van der Waals surface area contributed by atoms with Crippen LogP contribution in [0.2, 0.25) is 0 Å². The molecule has 1 heterocycles. The molecule has 10 nitrogen and oxygen atoms in total. The van der Waals surface area contributed by atoms with Gasteiger partial charge in [0, 0.05) is 19.2 Å². The van der Waals surface area contributed by atoms with E-state index in [1.807, 2.05) is 0 Å².